The highest BCUT2D eigenvalue weighted by Gasteiger charge is 2.32. The van der Waals surface area contributed by atoms with Gasteiger partial charge in [0, 0.05) is 31.6 Å². The zero-order chi connectivity index (χ0) is 20.6. The van der Waals surface area contributed by atoms with E-state index in [2.05, 4.69) is 29.7 Å². The van der Waals surface area contributed by atoms with E-state index in [0.717, 1.165) is 56.2 Å². The van der Waals surface area contributed by atoms with E-state index in [1.807, 2.05) is 30.9 Å². The summed E-state index contributed by atoms with van der Waals surface area (Å²) in [5.74, 6) is 2.32. The third-order valence-corrected chi connectivity index (χ3v) is 5.60. The van der Waals surface area contributed by atoms with Crippen LogP contribution in [0.3, 0.4) is 0 Å². The number of hydrogen-bond acceptors (Lipinski definition) is 3. The van der Waals surface area contributed by atoms with Crippen LogP contribution in [0.15, 0.2) is 29.3 Å². The topological polar surface area (TPSA) is 66.0 Å². The zero-order valence-corrected chi connectivity index (χ0v) is 18.1. The van der Waals surface area contributed by atoms with Gasteiger partial charge in [0.1, 0.15) is 5.75 Å². The Morgan fingerprint density at radius 2 is 1.93 bits per heavy atom. The Kier molecular flexibility index (Phi) is 7.78. The number of nitrogens with one attached hydrogen (secondary N) is 2. The van der Waals surface area contributed by atoms with Gasteiger partial charge in [0.25, 0.3) is 0 Å². The van der Waals surface area contributed by atoms with Gasteiger partial charge in [0.15, 0.2) is 5.96 Å². The molecule has 6 heteroatoms. The molecule has 160 valence electrons. The van der Waals surface area contributed by atoms with Gasteiger partial charge in [-0.1, -0.05) is 25.0 Å². The summed E-state index contributed by atoms with van der Waals surface area (Å²) in [6, 6.07) is 8.37. The molecule has 0 spiro atoms. The maximum atomic E-state index is 12.7. The van der Waals surface area contributed by atoms with E-state index in [0.29, 0.717) is 12.5 Å². The van der Waals surface area contributed by atoms with E-state index >= 15 is 0 Å². The molecule has 29 heavy (non-hydrogen) atoms. The van der Waals surface area contributed by atoms with Crippen LogP contribution in [0.4, 0.5) is 0 Å². The first kappa shape index (κ1) is 21.5. The Morgan fingerprint density at radius 1 is 1.21 bits per heavy atom. The highest BCUT2D eigenvalue weighted by atomic mass is 16.5. The number of aliphatic imine (C=N–C) groups is 1. The number of ether oxygens (including phenoxy) is 1. The molecular formula is C23H36N4O2. The van der Waals surface area contributed by atoms with Crippen molar-refractivity contribution in [1.82, 2.24) is 15.5 Å². The smallest absolute Gasteiger partial charge is 0.225 e. The van der Waals surface area contributed by atoms with Crippen LogP contribution in [0.5, 0.6) is 5.75 Å². The lowest BCUT2D eigenvalue weighted by atomic mass is 10.1. The van der Waals surface area contributed by atoms with Gasteiger partial charge < -0.3 is 20.3 Å². The molecule has 1 aliphatic carbocycles. The zero-order valence-electron chi connectivity index (χ0n) is 18.1. The van der Waals surface area contributed by atoms with E-state index < -0.39 is 0 Å². The quantitative estimate of drug-likeness (QED) is 0.544. The summed E-state index contributed by atoms with van der Waals surface area (Å²) >= 11 is 0. The summed E-state index contributed by atoms with van der Waals surface area (Å²) in [4.78, 5) is 19.4. The standard InChI is InChI=1S/C23H36N4O2/c1-4-24-23(25-15-18-9-11-21(12-10-18)29-17(2)3)26-20-13-14-27(16-20)22(28)19-7-5-6-8-19/h9-12,17,19-20H,4-8,13-16H2,1-3H3,(H2,24,25,26). The van der Waals surface area contributed by atoms with Crippen molar-refractivity contribution in [2.45, 2.75) is 71.6 Å². The van der Waals surface area contributed by atoms with Crippen molar-refractivity contribution < 1.29 is 9.53 Å². The summed E-state index contributed by atoms with van der Waals surface area (Å²) in [6.07, 6.45) is 5.69. The first-order valence-electron chi connectivity index (χ1n) is 11.1. The van der Waals surface area contributed by atoms with Crippen LogP contribution in [0, 0.1) is 5.92 Å². The number of rotatable bonds is 7. The van der Waals surface area contributed by atoms with Gasteiger partial charge in [-0.25, -0.2) is 4.99 Å². The second-order valence-corrected chi connectivity index (χ2v) is 8.40. The first-order valence-corrected chi connectivity index (χ1v) is 11.1. The number of carbonyl (C=O) groups is 1. The summed E-state index contributed by atoms with van der Waals surface area (Å²) in [6.45, 7) is 9.17. The van der Waals surface area contributed by atoms with Crippen molar-refractivity contribution in [3.05, 3.63) is 29.8 Å². The van der Waals surface area contributed by atoms with Gasteiger partial charge in [-0.15, -0.1) is 0 Å². The number of benzene rings is 1. The van der Waals surface area contributed by atoms with Gasteiger partial charge in [-0.05, 0) is 57.7 Å². The molecule has 1 atom stereocenters. The summed E-state index contributed by atoms with van der Waals surface area (Å²) < 4.78 is 5.70. The minimum atomic E-state index is 0.176. The lowest BCUT2D eigenvalue weighted by Crippen LogP contribution is -2.45. The summed E-state index contributed by atoms with van der Waals surface area (Å²) in [7, 11) is 0. The Hall–Kier alpha value is -2.24. The minimum Gasteiger partial charge on any atom is -0.491 e. The average molecular weight is 401 g/mol. The van der Waals surface area contributed by atoms with Crippen LogP contribution in [-0.4, -0.2) is 48.5 Å². The minimum absolute atomic E-state index is 0.176. The monoisotopic (exact) mass is 400 g/mol. The summed E-state index contributed by atoms with van der Waals surface area (Å²) in [5.41, 5.74) is 1.14. The molecule has 0 bridgehead atoms. The lowest BCUT2D eigenvalue weighted by Gasteiger charge is -2.21. The van der Waals surface area contributed by atoms with E-state index in [4.69, 9.17) is 9.73 Å². The van der Waals surface area contributed by atoms with E-state index in [9.17, 15) is 4.79 Å². The van der Waals surface area contributed by atoms with Crippen molar-refractivity contribution in [3.8, 4) is 5.75 Å². The SMILES string of the molecule is CCNC(=NCc1ccc(OC(C)C)cc1)NC1CCN(C(=O)C2CCCC2)C1. The Morgan fingerprint density at radius 3 is 2.59 bits per heavy atom. The Bertz CT molecular complexity index is 681. The fourth-order valence-electron chi connectivity index (χ4n) is 4.14. The molecule has 2 N–H and O–H groups in total. The molecule has 0 radical (unpaired) electrons. The lowest BCUT2D eigenvalue weighted by molar-refractivity contribution is -0.134. The first-order chi connectivity index (χ1) is 14.0. The van der Waals surface area contributed by atoms with Crippen molar-refractivity contribution in [2.24, 2.45) is 10.9 Å². The number of guanidine groups is 1. The number of nitrogens with zero attached hydrogens (tertiary/aromatic N) is 2. The Balaban J connectivity index is 1.52. The van der Waals surface area contributed by atoms with Crippen LogP contribution in [-0.2, 0) is 11.3 Å². The molecular weight excluding hydrogens is 364 g/mol. The van der Waals surface area contributed by atoms with Crippen LogP contribution >= 0.6 is 0 Å². The maximum Gasteiger partial charge on any atom is 0.225 e. The fourth-order valence-corrected chi connectivity index (χ4v) is 4.14. The number of likely N-dealkylation sites (tertiary alicyclic amines) is 1. The highest BCUT2D eigenvalue weighted by Crippen LogP contribution is 2.27. The number of amides is 1. The van der Waals surface area contributed by atoms with Crippen LogP contribution in [0.25, 0.3) is 0 Å². The normalized spacial score (nSPS) is 20.3. The summed E-state index contributed by atoms with van der Waals surface area (Å²) in [5, 5.41) is 6.85. The molecule has 1 aliphatic heterocycles. The molecule has 1 aromatic carbocycles. The van der Waals surface area contributed by atoms with Crippen LogP contribution in [0.2, 0.25) is 0 Å². The molecule has 1 saturated heterocycles. The van der Waals surface area contributed by atoms with Crippen molar-refractivity contribution >= 4 is 11.9 Å². The van der Waals surface area contributed by atoms with Crippen LogP contribution in [0.1, 0.15) is 58.4 Å². The predicted octanol–water partition coefficient (Wildman–Crippen LogP) is 3.32. The second-order valence-electron chi connectivity index (χ2n) is 8.40. The molecule has 1 unspecified atom stereocenters. The third kappa shape index (κ3) is 6.38. The molecule has 6 nitrogen and oxygen atoms in total. The molecule has 1 aromatic rings. The highest BCUT2D eigenvalue weighted by molar-refractivity contribution is 5.81. The second kappa shape index (κ2) is 10.5. The fraction of sp³-hybridized carbons (Fsp3) is 0.652. The van der Waals surface area contributed by atoms with Crippen molar-refractivity contribution in [3.63, 3.8) is 0 Å². The van der Waals surface area contributed by atoms with E-state index in [-0.39, 0.29) is 18.1 Å². The van der Waals surface area contributed by atoms with E-state index in [1.165, 1.54) is 12.8 Å². The molecule has 2 fully saturated rings. The third-order valence-electron chi connectivity index (χ3n) is 5.60. The van der Waals surface area contributed by atoms with Crippen LogP contribution < -0.4 is 15.4 Å². The largest absolute Gasteiger partial charge is 0.491 e. The van der Waals surface area contributed by atoms with Crippen molar-refractivity contribution in [1.29, 1.82) is 0 Å². The number of carbonyl (C=O) groups excluding carboxylic acids is 1. The van der Waals surface area contributed by atoms with Gasteiger partial charge in [-0.3, -0.25) is 4.79 Å². The molecule has 3 rings (SSSR count). The maximum absolute atomic E-state index is 12.7. The van der Waals surface area contributed by atoms with E-state index in [1.54, 1.807) is 0 Å². The molecule has 2 aliphatic rings. The van der Waals surface area contributed by atoms with Gasteiger partial charge in [-0.2, -0.15) is 0 Å². The van der Waals surface area contributed by atoms with Gasteiger partial charge in [0.05, 0.1) is 12.6 Å². The molecule has 1 saturated carbocycles. The molecule has 1 amide bonds. The number of hydrogen-bond donors (Lipinski definition) is 2. The molecule has 0 aromatic heterocycles. The Labute approximate surface area is 175 Å². The average Bonchev–Trinajstić information content (AvgIpc) is 3.39. The van der Waals surface area contributed by atoms with Gasteiger partial charge in [0.2, 0.25) is 5.91 Å². The van der Waals surface area contributed by atoms with Crippen molar-refractivity contribution in [2.75, 3.05) is 19.6 Å². The molecule has 1 heterocycles. The van der Waals surface area contributed by atoms with Gasteiger partial charge >= 0.3 is 0 Å². The predicted molar refractivity (Wildman–Crippen MR) is 117 cm³/mol.